The molecule has 0 saturated carbocycles. The summed E-state index contributed by atoms with van der Waals surface area (Å²) in [5, 5.41) is 20.3. The minimum atomic E-state index is -0.957. The van der Waals surface area contributed by atoms with Gasteiger partial charge in [-0.15, -0.1) is 0 Å². The van der Waals surface area contributed by atoms with E-state index in [9.17, 15) is 24.4 Å². The highest BCUT2D eigenvalue weighted by molar-refractivity contribution is 5.79. The summed E-state index contributed by atoms with van der Waals surface area (Å²) in [5.41, 5.74) is -0.856. The van der Waals surface area contributed by atoms with E-state index in [1.54, 1.807) is 11.8 Å². The minimum Gasteiger partial charge on any atom is -0.480 e. The molecule has 1 aliphatic rings. The Bertz CT molecular complexity index is 578. The molecule has 1 heterocycles. The monoisotopic (exact) mass is 296 g/mol. The van der Waals surface area contributed by atoms with Crippen LogP contribution >= 0.6 is 0 Å². The molecule has 1 aromatic carbocycles. The molecule has 114 valence electrons. The van der Waals surface area contributed by atoms with Crippen molar-refractivity contribution in [2.24, 2.45) is 0 Å². The normalized spacial score (nSPS) is 22.4. The predicted molar refractivity (Wildman–Crippen MR) is 73.4 cm³/mol. The molecule has 0 spiro atoms. The number of nitro benzene ring substituents is 1. The zero-order chi connectivity index (χ0) is 15.6. The zero-order valence-corrected chi connectivity index (χ0v) is 11.7. The summed E-state index contributed by atoms with van der Waals surface area (Å²) >= 11 is 0. The van der Waals surface area contributed by atoms with Crippen molar-refractivity contribution in [3.8, 4) is 0 Å². The summed E-state index contributed by atoms with van der Waals surface area (Å²) in [6, 6.07) is 3.37. The van der Waals surface area contributed by atoms with E-state index in [1.807, 2.05) is 0 Å². The molecular formula is C14H17FN2O4. The molecule has 0 aliphatic carbocycles. The van der Waals surface area contributed by atoms with Crippen molar-refractivity contribution in [3.05, 3.63) is 39.7 Å². The van der Waals surface area contributed by atoms with Gasteiger partial charge in [0, 0.05) is 12.6 Å². The van der Waals surface area contributed by atoms with Gasteiger partial charge in [-0.3, -0.25) is 19.8 Å². The highest BCUT2D eigenvalue weighted by Gasteiger charge is 2.45. The van der Waals surface area contributed by atoms with Crippen LogP contribution in [0.1, 0.15) is 31.7 Å². The van der Waals surface area contributed by atoms with Crippen molar-refractivity contribution < 1.29 is 19.2 Å². The molecule has 7 heteroatoms. The summed E-state index contributed by atoms with van der Waals surface area (Å²) in [7, 11) is 0. The average Bonchev–Trinajstić information content (AvgIpc) is 2.82. The predicted octanol–water partition coefficient (Wildman–Crippen LogP) is 2.56. The van der Waals surface area contributed by atoms with Crippen molar-refractivity contribution in [2.75, 3.05) is 6.54 Å². The Labute approximate surface area is 121 Å². The topological polar surface area (TPSA) is 83.7 Å². The molecular weight excluding hydrogens is 279 g/mol. The van der Waals surface area contributed by atoms with Gasteiger partial charge in [-0.05, 0) is 37.4 Å². The molecule has 1 aliphatic heterocycles. The number of carbonyl (C=O) groups is 1. The van der Waals surface area contributed by atoms with E-state index in [4.69, 9.17) is 0 Å². The number of carboxylic acid groups (broad SMARTS) is 1. The number of likely N-dealkylation sites (tertiary alicyclic amines) is 1. The van der Waals surface area contributed by atoms with Gasteiger partial charge >= 0.3 is 5.97 Å². The first kappa shape index (κ1) is 15.4. The van der Waals surface area contributed by atoms with Crippen LogP contribution in [-0.4, -0.2) is 33.0 Å². The van der Waals surface area contributed by atoms with Crippen LogP contribution in [0, 0.1) is 15.9 Å². The molecule has 6 nitrogen and oxygen atoms in total. The van der Waals surface area contributed by atoms with E-state index in [2.05, 4.69) is 0 Å². The number of rotatable bonds is 5. The molecule has 1 N–H and O–H groups in total. The molecule has 1 saturated heterocycles. The van der Waals surface area contributed by atoms with Crippen LogP contribution in [0.5, 0.6) is 0 Å². The van der Waals surface area contributed by atoms with Gasteiger partial charge in [-0.1, -0.05) is 6.92 Å². The molecule has 21 heavy (non-hydrogen) atoms. The quantitative estimate of drug-likeness (QED) is 0.667. The smallest absolute Gasteiger partial charge is 0.324 e. The Kier molecular flexibility index (Phi) is 4.22. The summed E-state index contributed by atoms with van der Waals surface area (Å²) in [6.45, 7) is 2.59. The van der Waals surface area contributed by atoms with Gasteiger partial charge in [-0.2, -0.15) is 0 Å². The Morgan fingerprint density at radius 3 is 2.81 bits per heavy atom. The first-order valence-electron chi connectivity index (χ1n) is 6.81. The fourth-order valence-electron chi connectivity index (χ4n) is 3.01. The van der Waals surface area contributed by atoms with Crippen LogP contribution in [0.3, 0.4) is 0 Å². The van der Waals surface area contributed by atoms with Gasteiger partial charge in [0.1, 0.15) is 11.4 Å². The second-order valence-electron chi connectivity index (χ2n) is 5.29. The number of halogens is 1. The maximum atomic E-state index is 13.5. The van der Waals surface area contributed by atoms with Gasteiger partial charge < -0.3 is 5.11 Å². The molecule has 0 amide bonds. The van der Waals surface area contributed by atoms with Crippen LogP contribution < -0.4 is 0 Å². The molecule has 1 fully saturated rings. The van der Waals surface area contributed by atoms with E-state index in [0.29, 0.717) is 24.9 Å². The number of hydrogen-bond donors (Lipinski definition) is 1. The largest absolute Gasteiger partial charge is 0.480 e. The Balaban J connectivity index is 2.29. The lowest BCUT2D eigenvalue weighted by atomic mass is 9.92. The summed E-state index contributed by atoms with van der Waals surface area (Å²) < 4.78 is 13.5. The van der Waals surface area contributed by atoms with Crippen LogP contribution in [0.25, 0.3) is 0 Å². The lowest BCUT2D eigenvalue weighted by molar-refractivity contribution is -0.385. The van der Waals surface area contributed by atoms with Gasteiger partial charge in [0.25, 0.3) is 5.69 Å². The van der Waals surface area contributed by atoms with Gasteiger partial charge in [-0.25, -0.2) is 4.39 Å². The summed E-state index contributed by atoms with van der Waals surface area (Å²) in [5.74, 6) is -1.58. The van der Waals surface area contributed by atoms with Crippen LogP contribution in [0.4, 0.5) is 10.1 Å². The molecule has 0 bridgehead atoms. The van der Waals surface area contributed by atoms with E-state index < -0.39 is 22.2 Å². The standard InChI is InChI=1S/C14H17FN2O4/c1-2-14(13(18)19)4-3-5-16(14)9-10-6-11(15)8-12(7-10)17(20)21/h6-8H,2-5,9H2,1H3,(H,18,19). The third-order valence-electron chi connectivity index (χ3n) is 4.13. The number of hydrogen-bond acceptors (Lipinski definition) is 4. The summed E-state index contributed by atoms with van der Waals surface area (Å²) in [4.78, 5) is 23.5. The number of benzene rings is 1. The van der Waals surface area contributed by atoms with Crippen molar-refractivity contribution in [1.29, 1.82) is 0 Å². The van der Waals surface area contributed by atoms with E-state index >= 15 is 0 Å². The third kappa shape index (κ3) is 2.87. The molecule has 1 unspecified atom stereocenters. The van der Waals surface area contributed by atoms with Gasteiger partial charge in [0.05, 0.1) is 11.0 Å². The minimum absolute atomic E-state index is 0.193. The number of non-ortho nitro benzene ring substituents is 1. The molecule has 1 aromatic rings. The SMILES string of the molecule is CCC1(C(=O)O)CCCN1Cc1cc(F)cc([N+](=O)[O-])c1. The van der Waals surface area contributed by atoms with E-state index in [1.165, 1.54) is 12.1 Å². The summed E-state index contributed by atoms with van der Waals surface area (Å²) in [6.07, 6.45) is 1.73. The van der Waals surface area contributed by atoms with Crippen LogP contribution in [-0.2, 0) is 11.3 Å². The van der Waals surface area contributed by atoms with Crippen molar-refractivity contribution in [3.63, 3.8) is 0 Å². The molecule has 0 radical (unpaired) electrons. The fraction of sp³-hybridized carbons (Fsp3) is 0.500. The zero-order valence-electron chi connectivity index (χ0n) is 11.7. The number of nitro groups is 1. The Morgan fingerprint density at radius 1 is 1.52 bits per heavy atom. The van der Waals surface area contributed by atoms with E-state index in [-0.39, 0.29) is 12.2 Å². The molecule has 2 rings (SSSR count). The second-order valence-corrected chi connectivity index (χ2v) is 5.29. The highest BCUT2D eigenvalue weighted by Crippen LogP contribution is 2.34. The number of nitrogens with zero attached hydrogens (tertiary/aromatic N) is 2. The lowest BCUT2D eigenvalue weighted by Gasteiger charge is -2.33. The van der Waals surface area contributed by atoms with E-state index in [0.717, 1.165) is 12.5 Å². The first-order chi connectivity index (χ1) is 9.89. The maximum Gasteiger partial charge on any atom is 0.324 e. The maximum absolute atomic E-state index is 13.5. The number of aliphatic carboxylic acids is 1. The van der Waals surface area contributed by atoms with Crippen LogP contribution in [0.2, 0.25) is 0 Å². The lowest BCUT2D eigenvalue weighted by Crippen LogP contribution is -2.49. The Morgan fingerprint density at radius 2 is 2.24 bits per heavy atom. The first-order valence-corrected chi connectivity index (χ1v) is 6.81. The van der Waals surface area contributed by atoms with Crippen molar-refractivity contribution in [2.45, 2.75) is 38.3 Å². The molecule has 0 aromatic heterocycles. The third-order valence-corrected chi connectivity index (χ3v) is 4.13. The Hall–Kier alpha value is -2.02. The molecule has 1 atom stereocenters. The number of carboxylic acids is 1. The van der Waals surface area contributed by atoms with Gasteiger partial charge in [0.15, 0.2) is 0 Å². The van der Waals surface area contributed by atoms with Crippen molar-refractivity contribution in [1.82, 2.24) is 4.90 Å². The van der Waals surface area contributed by atoms with Gasteiger partial charge in [0.2, 0.25) is 0 Å². The van der Waals surface area contributed by atoms with Crippen LogP contribution in [0.15, 0.2) is 18.2 Å². The highest BCUT2D eigenvalue weighted by atomic mass is 19.1. The second kappa shape index (κ2) is 5.77. The fourth-order valence-corrected chi connectivity index (χ4v) is 3.01. The average molecular weight is 296 g/mol. The van der Waals surface area contributed by atoms with Crippen molar-refractivity contribution >= 4 is 11.7 Å².